The van der Waals surface area contributed by atoms with Crippen molar-refractivity contribution in [3.05, 3.63) is 18.3 Å². The highest BCUT2D eigenvalue weighted by Gasteiger charge is 2.37. The molecule has 4 nitrogen and oxygen atoms in total. The number of hydrogen-bond donors (Lipinski definition) is 1. The molecule has 2 unspecified atom stereocenters. The lowest BCUT2D eigenvalue weighted by Crippen LogP contribution is -2.41. The second kappa shape index (κ2) is 5.37. The van der Waals surface area contributed by atoms with E-state index in [4.69, 9.17) is 4.74 Å². The summed E-state index contributed by atoms with van der Waals surface area (Å²) >= 11 is 0. The second-order valence-electron chi connectivity index (χ2n) is 5.86. The maximum Gasteiger partial charge on any atom is 0.214 e. The van der Waals surface area contributed by atoms with Crippen molar-refractivity contribution in [3.63, 3.8) is 0 Å². The summed E-state index contributed by atoms with van der Waals surface area (Å²) in [5.74, 6) is 1.47. The smallest absolute Gasteiger partial charge is 0.214 e. The van der Waals surface area contributed by atoms with Crippen LogP contribution in [0.3, 0.4) is 0 Å². The highest BCUT2D eigenvalue weighted by Crippen LogP contribution is 2.37. The first-order valence-electron chi connectivity index (χ1n) is 7.22. The van der Waals surface area contributed by atoms with E-state index in [2.05, 4.69) is 22.2 Å². The molecule has 3 rings (SSSR count). The van der Waals surface area contributed by atoms with Crippen molar-refractivity contribution in [2.24, 2.45) is 5.92 Å². The molecule has 2 fully saturated rings. The number of anilines is 1. The van der Waals surface area contributed by atoms with Crippen LogP contribution in [0, 0.1) is 5.92 Å². The Hall–Kier alpha value is -1.29. The van der Waals surface area contributed by atoms with Crippen LogP contribution in [0.25, 0.3) is 0 Å². The quantitative estimate of drug-likeness (QED) is 0.903. The van der Waals surface area contributed by atoms with Crippen LogP contribution >= 0.6 is 0 Å². The van der Waals surface area contributed by atoms with E-state index >= 15 is 0 Å². The molecule has 1 N–H and O–H groups in total. The molecule has 2 saturated heterocycles. The van der Waals surface area contributed by atoms with Crippen molar-refractivity contribution in [2.45, 2.75) is 37.8 Å². The van der Waals surface area contributed by atoms with Gasteiger partial charge in [-0.2, -0.15) is 0 Å². The van der Waals surface area contributed by atoms with Gasteiger partial charge in [-0.15, -0.1) is 0 Å². The van der Waals surface area contributed by atoms with Crippen LogP contribution in [-0.2, 0) is 0 Å². The Kier molecular flexibility index (Phi) is 3.60. The summed E-state index contributed by atoms with van der Waals surface area (Å²) in [7, 11) is 3.94. The van der Waals surface area contributed by atoms with Crippen molar-refractivity contribution in [3.8, 4) is 5.88 Å². The fraction of sp³-hybridized carbons (Fsp3) is 0.667. The normalized spacial score (nSPS) is 30.3. The zero-order chi connectivity index (χ0) is 13.2. The average Bonchev–Trinajstić information content (AvgIpc) is 2.68. The molecule has 1 aromatic rings. The Morgan fingerprint density at radius 2 is 2.11 bits per heavy atom. The molecule has 1 aromatic heterocycles. The third-order valence-corrected chi connectivity index (χ3v) is 4.73. The largest absolute Gasteiger partial charge is 0.481 e. The Bertz CT molecular complexity index is 423. The van der Waals surface area contributed by atoms with Crippen LogP contribution < -0.4 is 10.1 Å². The molecule has 0 aromatic carbocycles. The summed E-state index contributed by atoms with van der Waals surface area (Å²) in [5, 5.41) is 3.53. The van der Waals surface area contributed by atoms with Crippen LogP contribution in [0.4, 0.5) is 5.69 Å². The topological polar surface area (TPSA) is 37.4 Å². The Morgan fingerprint density at radius 1 is 1.37 bits per heavy atom. The molecule has 2 aliphatic rings. The molecule has 0 radical (unpaired) electrons. The van der Waals surface area contributed by atoms with Crippen LogP contribution in [0.15, 0.2) is 18.3 Å². The van der Waals surface area contributed by atoms with Crippen LogP contribution in [0.1, 0.15) is 25.7 Å². The lowest BCUT2D eigenvalue weighted by molar-refractivity contribution is 0.139. The monoisotopic (exact) mass is 261 g/mol. The molecule has 3 heterocycles. The molecular weight excluding hydrogens is 238 g/mol. The summed E-state index contributed by atoms with van der Waals surface area (Å²) in [6, 6.07) is 5.60. The number of ether oxygens (including phenoxy) is 1. The fourth-order valence-electron chi connectivity index (χ4n) is 3.58. The van der Waals surface area contributed by atoms with E-state index in [1.54, 1.807) is 13.3 Å². The summed E-state index contributed by atoms with van der Waals surface area (Å²) in [5.41, 5.74) is 1.11. The van der Waals surface area contributed by atoms with E-state index in [0.29, 0.717) is 5.88 Å². The zero-order valence-corrected chi connectivity index (χ0v) is 11.8. The minimum atomic E-state index is 0.674. The lowest BCUT2D eigenvalue weighted by Gasteiger charge is -2.36. The highest BCUT2D eigenvalue weighted by atomic mass is 16.5. The van der Waals surface area contributed by atoms with Gasteiger partial charge in [0.15, 0.2) is 0 Å². The zero-order valence-electron chi connectivity index (χ0n) is 11.8. The molecule has 2 atom stereocenters. The van der Waals surface area contributed by atoms with Gasteiger partial charge in [0.2, 0.25) is 5.88 Å². The van der Waals surface area contributed by atoms with Gasteiger partial charge in [-0.25, -0.2) is 4.98 Å². The van der Waals surface area contributed by atoms with Gasteiger partial charge in [-0.3, -0.25) is 0 Å². The van der Waals surface area contributed by atoms with Crippen molar-refractivity contribution < 1.29 is 4.74 Å². The number of piperidine rings is 1. The number of methoxy groups -OCH3 is 1. The Labute approximate surface area is 115 Å². The molecule has 104 valence electrons. The molecule has 0 aliphatic carbocycles. The number of fused-ring (bicyclic) bond motifs is 2. The van der Waals surface area contributed by atoms with Crippen molar-refractivity contribution >= 4 is 5.69 Å². The highest BCUT2D eigenvalue weighted by molar-refractivity contribution is 5.44. The molecule has 0 spiro atoms. The summed E-state index contributed by atoms with van der Waals surface area (Å²) in [6.07, 6.45) is 7.24. The van der Waals surface area contributed by atoms with E-state index in [1.165, 1.54) is 25.7 Å². The minimum absolute atomic E-state index is 0.674. The van der Waals surface area contributed by atoms with E-state index < -0.39 is 0 Å². The van der Waals surface area contributed by atoms with E-state index in [9.17, 15) is 0 Å². The van der Waals surface area contributed by atoms with Crippen molar-refractivity contribution in [1.29, 1.82) is 0 Å². The van der Waals surface area contributed by atoms with Gasteiger partial charge in [0.1, 0.15) is 0 Å². The van der Waals surface area contributed by atoms with Crippen molar-refractivity contribution in [1.82, 2.24) is 9.88 Å². The van der Waals surface area contributed by atoms with Crippen LogP contribution in [0.5, 0.6) is 5.88 Å². The number of aromatic nitrogens is 1. The van der Waals surface area contributed by atoms with Gasteiger partial charge in [-0.05, 0) is 44.7 Å². The predicted molar refractivity (Wildman–Crippen MR) is 76.6 cm³/mol. The first-order chi connectivity index (χ1) is 9.26. The van der Waals surface area contributed by atoms with Crippen LogP contribution in [0.2, 0.25) is 0 Å². The average molecular weight is 261 g/mol. The minimum Gasteiger partial charge on any atom is -0.481 e. The van der Waals surface area contributed by atoms with Gasteiger partial charge in [0, 0.05) is 36.6 Å². The third-order valence-electron chi connectivity index (χ3n) is 4.73. The molecule has 4 heteroatoms. The molecule has 0 amide bonds. The first-order valence-corrected chi connectivity index (χ1v) is 7.22. The maximum absolute atomic E-state index is 5.15. The summed E-state index contributed by atoms with van der Waals surface area (Å²) in [4.78, 5) is 6.72. The predicted octanol–water partition coefficient (Wildman–Crippen LogP) is 2.37. The van der Waals surface area contributed by atoms with Crippen molar-refractivity contribution in [2.75, 3.05) is 26.0 Å². The molecule has 2 bridgehead atoms. The van der Waals surface area contributed by atoms with E-state index in [-0.39, 0.29) is 0 Å². The Morgan fingerprint density at radius 3 is 2.79 bits per heavy atom. The number of nitrogens with zero attached hydrogens (tertiary/aromatic N) is 2. The molecule has 2 aliphatic heterocycles. The van der Waals surface area contributed by atoms with E-state index in [0.717, 1.165) is 30.2 Å². The van der Waals surface area contributed by atoms with Gasteiger partial charge in [0.25, 0.3) is 0 Å². The van der Waals surface area contributed by atoms with Gasteiger partial charge in [-0.1, -0.05) is 0 Å². The fourth-order valence-corrected chi connectivity index (χ4v) is 3.58. The van der Waals surface area contributed by atoms with Crippen LogP contribution in [-0.4, -0.2) is 42.7 Å². The molecular formula is C15H23N3O. The Balaban J connectivity index is 1.55. The first kappa shape index (κ1) is 12.7. The second-order valence-corrected chi connectivity index (χ2v) is 5.86. The summed E-state index contributed by atoms with van der Waals surface area (Å²) in [6.45, 7) is 1.06. The molecule has 19 heavy (non-hydrogen) atoms. The molecule has 0 saturated carbocycles. The maximum atomic E-state index is 5.15. The standard InChI is InChI=1S/C15H23N3O/c1-18-13-3-4-14(18)8-11(7-13)10-17-12-5-6-16-15(9-12)19-2/h5-6,9,11,13-14H,3-4,7-8,10H2,1-2H3,(H,16,17). The number of hydrogen-bond acceptors (Lipinski definition) is 4. The third kappa shape index (κ3) is 2.68. The van der Waals surface area contributed by atoms with Gasteiger partial charge >= 0.3 is 0 Å². The van der Waals surface area contributed by atoms with Gasteiger partial charge in [0.05, 0.1) is 7.11 Å². The SMILES string of the molecule is COc1cc(NCC2CC3CCC(C2)N3C)ccn1. The summed E-state index contributed by atoms with van der Waals surface area (Å²) < 4.78 is 5.15. The lowest BCUT2D eigenvalue weighted by atomic mass is 9.91. The number of pyridine rings is 1. The van der Waals surface area contributed by atoms with Gasteiger partial charge < -0.3 is 15.0 Å². The number of nitrogens with one attached hydrogen (secondary N) is 1. The van der Waals surface area contributed by atoms with E-state index in [1.807, 2.05) is 12.1 Å². The number of rotatable bonds is 4.